The fourth-order valence-electron chi connectivity index (χ4n) is 1.37. The Balaban J connectivity index is 2.35. The van der Waals surface area contributed by atoms with E-state index in [4.69, 9.17) is 11.6 Å². The van der Waals surface area contributed by atoms with Crippen LogP contribution in [-0.4, -0.2) is 30.9 Å². The molecule has 9 heteroatoms. The summed E-state index contributed by atoms with van der Waals surface area (Å²) in [6.07, 6.45) is -4.34. The molecule has 112 valence electrons. The molecule has 0 atom stereocenters. The van der Waals surface area contributed by atoms with Gasteiger partial charge in [0.15, 0.2) is 0 Å². The summed E-state index contributed by atoms with van der Waals surface area (Å²) in [6.45, 7) is -1.04. The lowest BCUT2D eigenvalue weighted by Gasteiger charge is -2.09. The smallest absolute Gasteiger partial charge is 0.371 e. The molecule has 0 fully saturated rings. The molecule has 0 saturated carbocycles. The molecule has 1 rings (SSSR count). The van der Waals surface area contributed by atoms with E-state index in [1.54, 1.807) is 0 Å². The zero-order valence-corrected chi connectivity index (χ0v) is 11.0. The summed E-state index contributed by atoms with van der Waals surface area (Å²) in [7, 11) is 0. The Morgan fingerprint density at radius 2 is 2.10 bits per heavy atom. The zero-order valence-electron chi connectivity index (χ0n) is 10.2. The van der Waals surface area contributed by atoms with E-state index in [9.17, 15) is 23.3 Å². The van der Waals surface area contributed by atoms with Crippen molar-refractivity contribution in [3.63, 3.8) is 0 Å². The number of nitrogens with one attached hydrogen (secondary N) is 1. The zero-order chi connectivity index (χ0) is 15.2. The quantitative estimate of drug-likeness (QED) is 0.477. The number of halogens is 4. The number of hydrogen-bond acceptors (Lipinski definition) is 4. The molecular formula is C11H12ClF3N2O3. The minimum Gasteiger partial charge on any atom is -0.371 e. The average molecular weight is 313 g/mol. The largest absolute Gasteiger partial charge is 0.411 e. The third-order valence-electron chi connectivity index (χ3n) is 2.24. The van der Waals surface area contributed by atoms with Crippen LogP contribution in [0.3, 0.4) is 0 Å². The van der Waals surface area contributed by atoms with Crippen LogP contribution in [0.15, 0.2) is 18.2 Å². The highest BCUT2D eigenvalue weighted by molar-refractivity contribution is 6.31. The Morgan fingerprint density at radius 3 is 2.70 bits per heavy atom. The summed E-state index contributed by atoms with van der Waals surface area (Å²) in [5, 5.41) is 13.7. The normalized spacial score (nSPS) is 11.6. The van der Waals surface area contributed by atoms with Crippen molar-refractivity contribution in [2.24, 2.45) is 0 Å². The molecule has 0 radical (unpaired) electrons. The molecule has 20 heavy (non-hydrogen) atoms. The molecule has 1 aromatic rings. The predicted molar refractivity (Wildman–Crippen MR) is 66.7 cm³/mol. The van der Waals surface area contributed by atoms with E-state index in [0.717, 1.165) is 0 Å². The molecule has 0 amide bonds. The van der Waals surface area contributed by atoms with E-state index in [1.165, 1.54) is 18.2 Å². The fraction of sp³-hybridized carbons (Fsp3) is 0.455. The summed E-state index contributed by atoms with van der Waals surface area (Å²) >= 11 is 5.86. The first-order chi connectivity index (χ1) is 9.29. The van der Waals surface area contributed by atoms with Gasteiger partial charge in [0.2, 0.25) is 0 Å². The minimum absolute atomic E-state index is 0.0977. The van der Waals surface area contributed by atoms with Gasteiger partial charge in [-0.2, -0.15) is 13.2 Å². The van der Waals surface area contributed by atoms with Gasteiger partial charge >= 0.3 is 6.18 Å². The topological polar surface area (TPSA) is 64.4 Å². The second-order valence-corrected chi connectivity index (χ2v) is 4.28. The number of ether oxygens (including phenoxy) is 1. The molecule has 0 spiro atoms. The summed E-state index contributed by atoms with van der Waals surface area (Å²) in [4.78, 5) is 10.0. The Hall–Kier alpha value is -1.38. The van der Waals surface area contributed by atoms with E-state index in [-0.39, 0.29) is 25.4 Å². The number of nitrogens with zero attached hydrogens (tertiary/aromatic N) is 1. The molecule has 0 aliphatic carbocycles. The average Bonchev–Trinajstić information content (AvgIpc) is 2.34. The van der Waals surface area contributed by atoms with Gasteiger partial charge in [-0.05, 0) is 11.6 Å². The predicted octanol–water partition coefficient (Wildman–Crippen LogP) is 2.92. The maximum absolute atomic E-state index is 11.8. The Kier molecular flexibility index (Phi) is 6.18. The van der Waals surface area contributed by atoms with Gasteiger partial charge in [-0.1, -0.05) is 11.6 Å². The number of non-ortho nitro benzene ring substituents is 1. The van der Waals surface area contributed by atoms with Crippen molar-refractivity contribution in [2.45, 2.75) is 12.7 Å². The molecular weight excluding hydrogens is 301 g/mol. The van der Waals surface area contributed by atoms with Gasteiger partial charge in [0.05, 0.1) is 11.5 Å². The summed E-state index contributed by atoms with van der Waals surface area (Å²) in [5.74, 6) is 0. The van der Waals surface area contributed by atoms with E-state index in [2.05, 4.69) is 10.1 Å². The van der Waals surface area contributed by atoms with Crippen LogP contribution in [0.5, 0.6) is 0 Å². The summed E-state index contributed by atoms with van der Waals surface area (Å²) in [5.41, 5.74) is 0.399. The van der Waals surface area contributed by atoms with Crippen LogP contribution >= 0.6 is 11.6 Å². The number of benzene rings is 1. The van der Waals surface area contributed by atoms with Crippen molar-refractivity contribution in [1.82, 2.24) is 5.32 Å². The first-order valence-corrected chi connectivity index (χ1v) is 5.95. The van der Waals surface area contributed by atoms with Crippen molar-refractivity contribution in [2.75, 3.05) is 19.8 Å². The van der Waals surface area contributed by atoms with Crippen molar-refractivity contribution in [3.05, 3.63) is 38.9 Å². The van der Waals surface area contributed by atoms with Gasteiger partial charge in [-0.25, -0.2) is 0 Å². The van der Waals surface area contributed by atoms with Crippen LogP contribution in [0.4, 0.5) is 18.9 Å². The lowest BCUT2D eigenvalue weighted by atomic mass is 10.2. The van der Waals surface area contributed by atoms with Crippen molar-refractivity contribution < 1.29 is 22.8 Å². The van der Waals surface area contributed by atoms with Crippen molar-refractivity contribution >= 4 is 17.3 Å². The van der Waals surface area contributed by atoms with Gasteiger partial charge < -0.3 is 10.1 Å². The number of alkyl halides is 3. The van der Waals surface area contributed by atoms with Crippen molar-refractivity contribution in [3.8, 4) is 0 Å². The number of nitro benzene ring substituents is 1. The van der Waals surface area contributed by atoms with Crippen LogP contribution in [0.2, 0.25) is 5.02 Å². The van der Waals surface area contributed by atoms with E-state index in [0.29, 0.717) is 10.6 Å². The highest BCUT2D eigenvalue weighted by atomic mass is 35.5. The monoisotopic (exact) mass is 312 g/mol. The maximum atomic E-state index is 11.8. The first kappa shape index (κ1) is 16.7. The van der Waals surface area contributed by atoms with E-state index in [1.807, 2.05) is 0 Å². The second kappa shape index (κ2) is 7.41. The molecule has 0 bridgehead atoms. The molecule has 1 N–H and O–H groups in total. The molecule has 0 unspecified atom stereocenters. The molecule has 0 aromatic heterocycles. The first-order valence-electron chi connectivity index (χ1n) is 5.57. The van der Waals surface area contributed by atoms with Crippen LogP contribution in [0.1, 0.15) is 5.56 Å². The van der Waals surface area contributed by atoms with Crippen LogP contribution in [0.25, 0.3) is 0 Å². The Morgan fingerprint density at radius 1 is 1.40 bits per heavy atom. The molecule has 0 saturated heterocycles. The number of nitro groups is 1. The molecule has 1 aromatic carbocycles. The third-order valence-corrected chi connectivity index (χ3v) is 2.61. The number of rotatable bonds is 7. The molecule has 5 nitrogen and oxygen atoms in total. The third kappa shape index (κ3) is 6.18. The van der Waals surface area contributed by atoms with Gasteiger partial charge in [-0.15, -0.1) is 0 Å². The van der Waals surface area contributed by atoms with Crippen LogP contribution in [0, 0.1) is 10.1 Å². The lowest BCUT2D eigenvalue weighted by Crippen LogP contribution is -2.23. The lowest BCUT2D eigenvalue weighted by molar-refractivity contribution is -0.384. The minimum atomic E-state index is -4.34. The highest BCUT2D eigenvalue weighted by Crippen LogP contribution is 2.21. The van der Waals surface area contributed by atoms with Gasteiger partial charge in [0.25, 0.3) is 5.69 Å². The fourth-order valence-corrected chi connectivity index (χ4v) is 1.55. The highest BCUT2D eigenvalue weighted by Gasteiger charge is 2.27. The Labute approximate surface area is 117 Å². The maximum Gasteiger partial charge on any atom is 0.411 e. The summed E-state index contributed by atoms with van der Waals surface area (Å²) < 4.78 is 39.7. The molecule has 0 heterocycles. The molecule has 0 aliphatic heterocycles. The van der Waals surface area contributed by atoms with Crippen molar-refractivity contribution in [1.29, 1.82) is 0 Å². The van der Waals surface area contributed by atoms with E-state index < -0.39 is 17.7 Å². The number of hydrogen-bond donors (Lipinski definition) is 1. The van der Waals surface area contributed by atoms with E-state index >= 15 is 0 Å². The summed E-state index contributed by atoms with van der Waals surface area (Å²) in [6, 6.07) is 3.99. The van der Waals surface area contributed by atoms with Gasteiger partial charge in [0.1, 0.15) is 6.61 Å². The van der Waals surface area contributed by atoms with Crippen LogP contribution < -0.4 is 5.32 Å². The SMILES string of the molecule is O=[N+]([O-])c1ccc(Cl)c(CNCCOCC(F)(F)F)c1. The second-order valence-electron chi connectivity index (χ2n) is 3.88. The van der Waals surface area contributed by atoms with Crippen LogP contribution in [-0.2, 0) is 11.3 Å². The standard InChI is InChI=1S/C11H12ClF3N2O3/c12-10-2-1-9(17(18)19)5-8(10)6-16-3-4-20-7-11(13,14)15/h1-2,5,16H,3-4,6-7H2. The van der Waals surface area contributed by atoms with Gasteiger partial charge in [-0.3, -0.25) is 10.1 Å². The Bertz CT molecular complexity index is 469. The molecule has 0 aliphatic rings. The van der Waals surface area contributed by atoms with Gasteiger partial charge in [0, 0.05) is 30.2 Å².